The molecule has 0 aromatic heterocycles. The molecule has 3 rings (SSSR count). The predicted octanol–water partition coefficient (Wildman–Crippen LogP) is 3.51. The fourth-order valence-electron chi connectivity index (χ4n) is 2.59. The van der Waals surface area contributed by atoms with E-state index < -0.39 is 0 Å². The topological polar surface area (TPSA) is 9.23 Å². The minimum atomic E-state index is 0.303. The van der Waals surface area contributed by atoms with Crippen molar-refractivity contribution < 1.29 is 4.74 Å². The Morgan fingerprint density at radius 1 is 0.812 bits per heavy atom. The first-order chi connectivity index (χ1) is 7.95. The summed E-state index contributed by atoms with van der Waals surface area (Å²) in [5.74, 6) is 1.76. The lowest BCUT2D eigenvalue weighted by Gasteiger charge is -2.40. The molecule has 0 aromatic rings. The first-order valence-electron chi connectivity index (χ1n) is 6.27. The molecule has 2 aliphatic carbocycles. The van der Waals surface area contributed by atoms with Crippen molar-refractivity contribution in [2.45, 2.75) is 20.0 Å². The smallest absolute Gasteiger partial charge is 0.0827 e. The maximum Gasteiger partial charge on any atom is 0.0827 e. The molecule has 1 fully saturated rings. The molecule has 0 N–H and O–H groups in total. The standard InChI is InChI=1S/C13H14O.C2H6/c1-2-6-11-10(5-1)9-14-13-8-4-3-7-12(11)13;1-2/h1-8,10-13H,9H2;1-2H3. The molecule has 0 aromatic carbocycles. The van der Waals surface area contributed by atoms with Crippen molar-refractivity contribution in [3.63, 3.8) is 0 Å². The van der Waals surface area contributed by atoms with Crippen LogP contribution in [0, 0.1) is 17.8 Å². The average molecular weight is 216 g/mol. The molecule has 16 heavy (non-hydrogen) atoms. The van der Waals surface area contributed by atoms with E-state index in [4.69, 9.17) is 4.74 Å². The minimum absolute atomic E-state index is 0.303. The molecule has 1 heterocycles. The Kier molecular flexibility index (Phi) is 3.79. The zero-order valence-electron chi connectivity index (χ0n) is 10.0. The molecule has 0 amide bonds. The molecule has 0 bridgehead atoms. The van der Waals surface area contributed by atoms with Gasteiger partial charge in [0.2, 0.25) is 0 Å². The van der Waals surface area contributed by atoms with Crippen LogP contribution in [0.25, 0.3) is 0 Å². The van der Waals surface area contributed by atoms with Crippen LogP contribution in [0.5, 0.6) is 0 Å². The minimum Gasteiger partial charge on any atom is -0.373 e. The number of hydrogen-bond acceptors (Lipinski definition) is 1. The van der Waals surface area contributed by atoms with Crippen LogP contribution in [-0.4, -0.2) is 12.7 Å². The molecular formula is C15H20O. The number of hydrogen-bond donors (Lipinski definition) is 0. The highest BCUT2D eigenvalue weighted by Gasteiger charge is 2.36. The molecule has 0 spiro atoms. The van der Waals surface area contributed by atoms with Crippen LogP contribution in [-0.2, 0) is 4.74 Å². The van der Waals surface area contributed by atoms with Gasteiger partial charge in [-0.2, -0.15) is 0 Å². The highest BCUT2D eigenvalue weighted by Crippen LogP contribution is 2.37. The Bertz CT molecular complexity index is 301. The van der Waals surface area contributed by atoms with E-state index in [1.807, 2.05) is 13.8 Å². The van der Waals surface area contributed by atoms with Crippen LogP contribution in [0.4, 0.5) is 0 Å². The molecule has 1 heteroatoms. The van der Waals surface area contributed by atoms with Gasteiger partial charge >= 0.3 is 0 Å². The summed E-state index contributed by atoms with van der Waals surface area (Å²) in [4.78, 5) is 0. The summed E-state index contributed by atoms with van der Waals surface area (Å²) >= 11 is 0. The van der Waals surface area contributed by atoms with E-state index in [1.54, 1.807) is 0 Å². The molecule has 4 unspecified atom stereocenters. The summed E-state index contributed by atoms with van der Waals surface area (Å²) < 4.78 is 5.83. The number of rotatable bonds is 0. The van der Waals surface area contributed by atoms with Gasteiger partial charge in [-0.1, -0.05) is 62.5 Å². The second kappa shape index (κ2) is 5.31. The van der Waals surface area contributed by atoms with E-state index in [0.717, 1.165) is 6.61 Å². The van der Waals surface area contributed by atoms with E-state index >= 15 is 0 Å². The Balaban J connectivity index is 0.000000457. The molecule has 3 aliphatic rings. The van der Waals surface area contributed by atoms with Crippen LogP contribution in [0.1, 0.15) is 13.8 Å². The summed E-state index contributed by atoms with van der Waals surface area (Å²) in [7, 11) is 0. The van der Waals surface area contributed by atoms with Gasteiger partial charge in [0.25, 0.3) is 0 Å². The molecule has 86 valence electrons. The lowest BCUT2D eigenvalue weighted by atomic mass is 9.73. The highest BCUT2D eigenvalue weighted by atomic mass is 16.5. The molecular weight excluding hydrogens is 196 g/mol. The number of fused-ring (bicyclic) bond motifs is 3. The SMILES string of the molecule is C1=CC2COC3C=CC=CC3C2C=C1.CC. The molecule has 0 saturated carbocycles. The Morgan fingerprint density at radius 2 is 1.44 bits per heavy atom. The lowest BCUT2D eigenvalue weighted by molar-refractivity contribution is -0.0261. The van der Waals surface area contributed by atoms with Crippen LogP contribution < -0.4 is 0 Å². The summed E-state index contributed by atoms with van der Waals surface area (Å²) in [6.07, 6.45) is 17.9. The van der Waals surface area contributed by atoms with Gasteiger partial charge in [-0.15, -0.1) is 0 Å². The fourth-order valence-corrected chi connectivity index (χ4v) is 2.59. The van der Waals surface area contributed by atoms with Gasteiger partial charge in [-0.25, -0.2) is 0 Å². The fraction of sp³-hybridized carbons (Fsp3) is 0.467. The summed E-state index contributed by atoms with van der Waals surface area (Å²) in [6.45, 7) is 4.87. The van der Waals surface area contributed by atoms with Crippen molar-refractivity contribution in [3.8, 4) is 0 Å². The number of allylic oxidation sites excluding steroid dienone is 5. The van der Waals surface area contributed by atoms with Crippen LogP contribution in [0.3, 0.4) is 0 Å². The maximum absolute atomic E-state index is 5.83. The van der Waals surface area contributed by atoms with Gasteiger partial charge in [0.05, 0.1) is 12.7 Å². The summed E-state index contributed by atoms with van der Waals surface area (Å²) in [5.41, 5.74) is 0. The highest BCUT2D eigenvalue weighted by molar-refractivity contribution is 5.24. The van der Waals surface area contributed by atoms with Crippen molar-refractivity contribution in [2.24, 2.45) is 17.8 Å². The molecule has 1 nitrogen and oxygen atoms in total. The summed E-state index contributed by atoms with van der Waals surface area (Å²) in [5, 5.41) is 0. The van der Waals surface area contributed by atoms with E-state index in [-0.39, 0.29) is 0 Å². The molecule has 0 radical (unpaired) electrons. The van der Waals surface area contributed by atoms with Crippen molar-refractivity contribution in [1.29, 1.82) is 0 Å². The Morgan fingerprint density at radius 3 is 2.25 bits per heavy atom. The molecule has 1 saturated heterocycles. The predicted molar refractivity (Wildman–Crippen MR) is 68.1 cm³/mol. The third-order valence-corrected chi connectivity index (χ3v) is 3.35. The largest absolute Gasteiger partial charge is 0.373 e. The molecule has 4 atom stereocenters. The van der Waals surface area contributed by atoms with E-state index in [0.29, 0.717) is 23.9 Å². The zero-order valence-corrected chi connectivity index (χ0v) is 10.0. The first kappa shape index (κ1) is 11.4. The first-order valence-corrected chi connectivity index (χ1v) is 6.27. The Labute approximate surface area is 98.2 Å². The zero-order chi connectivity index (χ0) is 11.4. The van der Waals surface area contributed by atoms with E-state index in [2.05, 4.69) is 48.6 Å². The Hall–Kier alpha value is -1.08. The van der Waals surface area contributed by atoms with Gasteiger partial charge in [-0.3, -0.25) is 0 Å². The third kappa shape index (κ3) is 2.05. The van der Waals surface area contributed by atoms with Crippen LogP contribution >= 0.6 is 0 Å². The van der Waals surface area contributed by atoms with Crippen molar-refractivity contribution in [3.05, 3.63) is 48.6 Å². The second-order valence-electron chi connectivity index (χ2n) is 4.16. The number of ether oxygens (including phenoxy) is 1. The quantitative estimate of drug-likeness (QED) is 0.602. The average Bonchev–Trinajstić information content (AvgIpc) is 2.41. The van der Waals surface area contributed by atoms with Crippen LogP contribution in [0.2, 0.25) is 0 Å². The van der Waals surface area contributed by atoms with Gasteiger partial charge < -0.3 is 4.74 Å². The second-order valence-corrected chi connectivity index (χ2v) is 4.16. The van der Waals surface area contributed by atoms with E-state index in [9.17, 15) is 0 Å². The third-order valence-electron chi connectivity index (χ3n) is 3.35. The summed E-state index contributed by atoms with van der Waals surface area (Å²) in [6, 6.07) is 0. The van der Waals surface area contributed by atoms with Gasteiger partial charge in [-0.05, 0) is 5.92 Å². The monoisotopic (exact) mass is 216 g/mol. The normalized spacial score (nSPS) is 38.4. The van der Waals surface area contributed by atoms with Crippen molar-refractivity contribution in [2.75, 3.05) is 6.61 Å². The van der Waals surface area contributed by atoms with Gasteiger partial charge in [0.1, 0.15) is 0 Å². The van der Waals surface area contributed by atoms with Gasteiger partial charge in [0.15, 0.2) is 0 Å². The maximum atomic E-state index is 5.83. The lowest BCUT2D eigenvalue weighted by Crippen LogP contribution is -2.40. The van der Waals surface area contributed by atoms with Crippen molar-refractivity contribution >= 4 is 0 Å². The van der Waals surface area contributed by atoms with Crippen molar-refractivity contribution in [1.82, 2.24) is 0 Å². The molecule has 1 aliphatic heterocycles. The van der Waals surface area contributed by atoms with Gasteiger partial charge in [0, 0.05) is 11.8 Å². The van der Waals surface area contributed by atoms with Crippen LogP contribution in [0.15, 0.2) is 48.6 Å². The van der Waals surface area contributed by atoms with E-state index in [1.165, 1.54) is 0 Å².